The number of amides is 2. The highest BCUT2D eigenvalue weighted by atomic mass is 16.6. The van der Waals surface area contributed by atoms with Gasteiger partial charge in [0.15, 0.2) is 6.10 Å². The van der Waals surface area contributed by atoms with Crippen LogP contribution in [0.5, 0.6) is 0 Å². The lowest BCUT2D eigenvalue weighted by Gasteiger charge is -2.23. The fraction of sp³-hybridized carbons (Fsp3) is 0.286. The van der Waals surface area contributed by atoms with E-state index in [0.29, 0.717) is 5.56 Å². The minimum absolute atomic E-state index is 0.180. The number of non-ortho nitro benzene ring substituents is 1. The number of nitrogens with zero attached hydrogens (tertiary/aromatic N) is 1. The van der Waals surface area contributed by atoms with Crippen molar-refractivity contribution in [1.29, 1.82) is 0 Å². The predicted octanol–water partition coefficient (Wildman–Crippen LogP) is 2.92. The Kier molecular flexibility index (Phi) is 7.62. The van der Waals surface area contributed by atoms with Crippen LogP contribution in [0.4, 0.5) is 11.4 Å². The predicted molar refractivity (Wildman–Crippen MR) is 110 cm³/mol. The number of carbonyl (C=O) groups excluding carboxylic acids is 3. The smallest absolute Gasteiger partial charge is 0.329 e. The molecule has 30 heavy (non-hydrogen) atoms. The van der Waals surface area contributed by atoms with Crippen LogP contribution in [0, 0.1) is 16.0 Å². The van der Waals surface area contributed by atoms with Gasteiger partial charge in [-0.2, -0.15) is 0 Å². The van der Waals surface area contributed by atoms with Crippen LogP contribution in [0.25, 0.3) is 0 Å². The van der Waals surface area contributed by atoms with Gasteiger partial charge in [-0.15, -0.1) is 0 Å². The van der Waals surface area contributed by atoms with Crippen LogP contribution in [0.2, 0.25) is 0 Å². The Hall–Kier alpha value is -3.75. The van der Waals surface area contributed by atoms with Gasteiger partial charge in [-0.05, 0) is 31.0 Å². The first kappa shape index (κ1) is 22.5. The van der Waals surface area contributed by atoms with Crippen molar-refractivity contribution < 1.29 is 24.0 Å². The highest BCUT2D eigenvalue weighted by molar-refractivity contribution is 5.98. The van der Waals surface area contributed by atoms with E-state index in [4.69, 9.17) is 4.74 Å². The van der Waals surface area contributed by atoms with Crippen molar-refractivity contribution in [3.8, 4) is 0 Å². The molecule has 0 saturated carbocycles. The van der Waals surface area contributed by atoms with Gasteiger partial charge in [-0.3, -0.25) is 19.7 Å². The van der Waals surface area contributed by atoms with E-state index in [1.54, 1.807) is 44.2 Å². The van der Waals surface area contributed by atoms with Crippen molar-refractivity contribution in [2.75, 3.05) is 5.32 Å². The van der Waals surface area contributed by atoms with Gasteiger partial charge in [0, 0.05) is 23.4 Å². The summed E-state index contributed by atoms with van der Waals surface area (Å²) in [5.41, 5.74) is 0.420. The summed E-state index contributed by atoms with van der Waals surface area (Å²) in [4.78, 5) is 47.5. The summed E-state index contributed by atoms with van der Waals surface area (Å²) in [5, 5.41) is 15.9. The molecule has 0 radical (unpaired) electrons. The Morgan fingerprint density at radius 2 is 1.67 bits per heavy atom. The first-order valence-electron chi connectivity index (χ1n) is 9.30. The summed E-state index contributed by atoms with van der Waals surface area (Å²) in [6, 6.07) is 12.9. The molecule has 2 amide bonds. The summed E-state index contributed by atoms with van der Waals surface area (Å²) >= 11 is 0. The molecular weight excluding hydrogens is 390 g/mol. The first-order valence-corrected chi connectivity index (χ1v) is 9.30. The third-order valence-corrected chi connectivity index (χ3v) is 4.23. The summed E-state index contributed by atoms with van der Waals surface area (Å²) in [6.07, 6.45) is -1.17. The molecule has 2 aromatic rings. The van der Waals surface area contributed by atoms with Crippen molar-refractivity contribution in [1.82, 2.24) is 5.32 Å². The number of nitro groups is 1. The topological polar surface area (TPSA) is 128 Å². The van der Waals surface area contributed by atoms with Gasteiger partial charge in [0.1, 0.15) is 6.04 Å². The maximum absolute atomic E-state index is 12.6. The minimum atomic E-state index is -1.17. The molecule has 0 aliphatic carbocycles. The largest absolute Gasteiger partial charge is 0.451 e. The molecule has 0 unspecified atom stereocenters. The molecule has 0 heterocycles. The highest BCUT2D eigenvalue weighted by Gasteiger charge is 2.29. The molecule has 0 aromatic heterocycles. The highest BCUT2D eigenvalue weighted by Crippen LogP contribution is 2.17. The van der Waals surface area contributed by atoms with Gasteiger partial charge in [0.2, 0.25) is 0 Å². The molecule has 0 fully saturated rings. The van der Waals surface area contributed by atoms with E-state index in [9.17, 15) is 24.5 Å². The second kappa shape index (κ2) is 10.1. The summed E-state index contributed by atoms with van der Waals surface area (Å²) in [6.45, 7) is 4.86. The van der Waals surface area contributed by atoms with E-state index < -0.39 is 34.9 Å². The Morgan fingerprint density at radius 3 is 2.27 bits per heavy atom. The van der Waals surface area contributed by atoms with Crippen LogP contribution in [0.1, 0.15) is 31.1 Å². The van der Waals surface area contributed by atoms with Crippen molar-refractivity contribution >= 4 is 29.2 Å². The number of esters is 1. The summed E-state index contributed by atoms with van der Waals surface area (Å²) in [5.74, 6) is -2.12. The summed E-state index contributed by atoms with van der Waals surface area (Å²) in [7, 11) is 0. The number of carbonyl (C=O) groups is 3. The molecule has 2 N–H and O–H groups in total. The molecule has 2 rings (SSSR count). The number of anilines is 1. The van der Waals surface area contributed by atoms with Crippen LogP contribution < -0.4 is 10.6 Å². The zero-order valence-electron chi connectivity index (χ0n) is 16.8. The molecule has 0 aliphatic rings. The van der Waals surface area contributed by atoms with Crippen molar-refractivity contribution in [3.05, 3.63) is 70.3 Å². The van der Waals surface area contributed by atoms with Crippen LogP contribution in [0.15, 0.2) is 54.6 Å². The molecule has 0 aliphatic heterocycles. The molecule has 0 bridgehead atoms. The second-order valence-electron chi connectivity index (χ2n) is 6.94. The molecule has 158 valence electrons. The van der Waals surface area contributed by atoms with E-state index >= 15 is 0 Å². The van der Waals surface area contributed by atoms with Gasteiger partial charge in [-0.1, -0.05) is 38.1 Å². The van der Waals surface area contributed by atoms with Gasteiger partial charge < -0.3 is 15.4 Å². The molecule has 0 spiro atoms. The Morgan fingerprint density at radius 1 is 1.00 bits per heavy atom. The Bertz CT molecular complexity index is 929. The lowest BCUT2D eigenvalue weighted by Crippen LogP contribution is -2.47. The van der Waals surface area contributed by atoms with E-state index in [-0.39, 0.29) is 17.3 Å². The van der Waals surface area contributed by atoms with Crippen molar-refractivity contribution in [2.45, 2.75) is 32.9 Å². The minimum Gasteiger partial charge on any atom is -0.451 e. The molecule has 9 heteroatoms. The monoisotopic (exact) mass is 413 g/mol. The Balaban J connectivity index is 2.00. The average Bonchev–Trinajstić information content (AvgIpc) is 2.72. The SMILES string of the molecule is CC(C)[C@H](NC(=O)c1ccccc1)C(=O)O[C@@H](C)C(=O)Nc1cccc([N+](=O)[O-])c1. The zero-order valence-corrected chi connectivity index (χ0v) is 16.8. The normalized spacial score (nSPS) is 12.5. The van der Waals surface area contributed by atoms with Gasteiger partial charge in [0.05, 0.1) is 4.92 Å². The van der Waals surface area contributed by atoms with Crippen LogP contribution in [-0.2, 0) is 14.3 Å². The Labute approximate surface area is 173 Å². The maximum Gasteiger partial charge on any atom is 0.329 e. The standard InChI is InChI=1S/C21H23N3O6/c1-13(2)18(23-20(26)15-8-5-4-6-9-15)21(27)30-14(3)19(25)22-16-10-7-11-17(12-16)24(28)29/h4-14,18H,1-3H3,(H,22,25)(H,23,26)/t14-,18-/m0/s1. The van der Waals surface area contributed by atoms with E-state index in [2.05, 4.69) is 10.6 Å². The lowest BCUT2D eigenvalue weighted by molar-refractivity contribution is -0.384. The van der Waals surface area contributed by atoms with Crippen LogP contribution in [0.3, 0.4) is 0 Å². The lowest BCUT2D eigenvalue weighted by atomic mass is 10.0. The quantitative estimate of drug-likeness (QED) is 0.389. The van der Waals surface area contributed by atoms with Crippen molar-refractivity contribution in [3.63, 3.8) is 0 Å². The third-order valence-electron chi connectivity index (χ3n) is 4.23. The zero-order chi connectivity index (χ0) is 22.3. The van der Waals surface area contributed by atoms with Gasteiger partial charge >= 0.3 is 5.97 Å². The number of hydrogen-bond donors (Lipinski definition) is 2. The molecule has 0 saturated heterocycles. The number of nitrogens with one attached hydrogen (secondary N) is 2. The second-order valence-corrected chi connectivity index (χ2v) is 6.94. The van der Waals surface area contributed by atoms with Gasteiger partial charge in [-0.25, -0.2) is 4.79 Å². The van der Waals surface area contributed by atoms with Crippen LogP contribution >= 0.6 is 0 Å². The van der Waals surface area contributed by atoms with Crippen molar-refractivity contribution in [2.24, 2.45) is 5.92 Å². The van der Waals surface area contributed by atoms with E-state index in [1.807, 2.05) is 0 Å². The average molecular weight is 413 g/mol. The number of benzene rings is 2. The number of rotatable bonds is 8. The first-order chi connectivity index (χ1) is 14.2. The number of nitro benzene ring substituents is 1. The summed E-state index contributed by atoms with van der Waals surface area (Å²) < 4.78 is 5.22. The number of hydrogen-bond acceptors (Lipinski definition) is 6. The molecule has 9 nitrogen and oxygen atoms in total. The molecular formula is C21H23N3O6. The van der Waals surface area contributed by atoms with Crippen LogP contribution in [-0.4, -0.2) is 34.9 Å². The molecule has 2 atom stereocenters. The molecule has 2 aromatic carbocycles. The van der Waals surface area contributed by atoms with Gasteiger partial charge in [0.25, 0.3) is 17.5 Å². The third kappa shape index (κ3) is 6.13. The number of ether oxygens (including phenoxy) is 1. The van der Waals surface area contributed by atoms with E-state index in [0.717, 1.165) is 0 Å². The fourth-order valence-electron chi connectivity index (χ4n) is 2.55. The fourth-order valence-corrected chi connectivity index (χ4v) is 2.55. The maximum atomic E-state index is 12.6. The van der Waals surface area contributed by atoms with E-state index in [1.165, 1.54) is 31.2 Å².